The van der Waals surface area contributed by atoms with Crippen molar-refractivity contribution in [3.8, 4) is 11.5 Å². The fourth-order valence-electron chi connectivity index (χ4n) is 1.25. The molecule has 6 nitrogen and oxygen atoms in total. The van der Waals surface area contributed by atoms with E-state index in [1.54, 1.807) is 60.7 Å². The van der Waals surface area contributed by atoms with Crippen LogP contribution in [0.25, 0.3) is 0 Å². The van der Waals surface area contributed by atoms with Crippen molar-refractivity contribution >= 4 is 13.8 Å². The molecule has 0 spiro atoms. The van der Waals surface area contributed by atoms with Crippen molar-refractivity contribution in [1.82, 2.24) is 0 Å². The average Bonchev–Trinajstić information content (AvgIpc) is 2.48. The third-order valence-electron chi connectivity index (χ3n) is 2.17. The molecule has 2 aromatic rings. The van der Waals surface area contributed by atoms with Gasteiger partial charge in [-0.25, -0.2) is 9.36 Å². The molecule has 0 atom stereocenters. The quantitative estimate of drug-likeness (QED) is 0.568. The Morgan fingerprint density at radius 2 is 1.16 bits per heavy atom. The van der Waals surface area contributed by atoms with Crippen molar-refractivity contribution in [2.24, 2.45) is 0 Å². The number of aliphatic carboxylic acids is 1. The van der Waals surface area contributed by atoms with Crippen LogP contribution in [-0.2, 0) is 26.4 Å². The van der Waals surface area contributed by atoms with Gasteiger partial charge in [0.25, 0.3) is 0 Å². The molecule has 2 aromatic carbocycles. The fraction of sp³-hybridized carbons (Fsp3) is 0.0714. The molecule has 0 saturated carbocycles. The molecular formula is C14H12CuF3O6P. The Labute approximate surface area is 151 Å². The van der Waals surface area contributed by atoms with Crippen LogP contribution >= 0.6 is 7.82 Å². The molecule has 0 aliphatic carbocycles. The summed E-state index contributed by atoms with van der Waals surface area (Å²) in [4.78, 5) is 18.4. The van der Waals surface area contributed by atoms with Gasteiger partial charge in [0, 0.05) is 17.1 Å². The Kier molecular flexibility index (Phi) is 9.30. The number of phosphoric acid groups is 1. The Morgan fingerprint density at radius 1 is 0.880 bits per heavy atom. The normalized spacial score (nSPS) is 10.6. The number of carboxylic acids is 1. The molecular weight excluding hydrogens is 416 g/mol. The van der Waals surface area contributed by atoms with E-state index in [4.69, 9.17) is 18.9 Å². The molecule has 0 aromatic heterocycles. The minimum Gasteiger partial charge on any atom is -0.475 e. The van der Waals surface area contributed by atoms with Gasteiger partial charge in [0.05, 0.1) is 0 Å². The summed E-state index contributed by atoms with van der Waals surface area (Å²) in [5.74, 6) is -2.18. The molecule has 0 aliphatic heterocycles. The molecule has 2 N–H and O–H groups in total. The number of phosphoric ester groups is 1. The summed E-state index contributed by atoms with van der Waals surface area (Å²) >= 11 is 0. The van der Waals surface area contributed by atoms with Gasteiger partial charge >= 0.3 is 20.0 Å². The smallest absolute Gasteiger partial charge is 0.475 e. The fourth-order valence-corrected chi connectivity index (χ4v) is 2.06. The van der Waals surface area contributed by atoms with Crippen LogP contribution < -0.4 is 9.05 Å². The Balaban J connectivity index is 0.000000620. The van der Waals surface area contributed by atoms with Crippen molar-refractivity contribution in [2.75, 3.05) is 0 Å². The Morgan fingerprint density at radius 3 is 1.40 bits per heavy atom. The minimum absolute atomic E-state index is 0. The van der Waals surface area contributed by atoms with E-state index in [0.717, 1.165) is 0 Å². The third-order valence-corrected chi connectivity index (χ3v) is 3.05. The molecule has 0 fully saturated rings. The van der Waals surface area contributed by atoms with E-state index in [1.165, 1.54) is 0 Å². The van der Waals surface area contributed by atoms with Gasteiger partial charge in [-0.15, -0.1) is 0 Å². The number of para-hydroxylation sites is 2. The van der Waals surface area contributed by atoms with Gasteiger partial charge in [-0.1, -0.05) is 36.4 Å². The van der Waals surface area contributed by atoms with Crippen molar-refractivity contribution in [1.29, 1.82) is 0 Å². The molecule has 0 bridgehead atoms. The zero-order chi connectivity index (χ0) is 18.2. The molecule has 0 amide bonds. The van der Waals surface area contributed by atoms with Gasteiger partial charge in [-0.3, -0.25) is 4.89 Å². The third kappa shape index (κ3) is 9.79. The van der Waals surface area contributed by atoms with E-state index < -0.39 is 20.0 Å². The zero-order valence-corrected chi connectivity index (χ0v) is 14.0. The number of alkyl halides is 3. The van der Waals surface area contributed by atoms with Crippen molar-refractivity contribution < 1.29 is 58.6 Å². The van der Waals surface area contributed by atoms with Crippen LogP contribution in [0, 0.1) is 0 Å². The van der Waals surface area contributed by atoms with Gasteiger partial charge in [0.15, 0.2) is 0 Å². The van der Waals surface area contributed by atoms with Gasteiger partial charge in [-0.2, -0.15) is 13.2 Å². The molecule has 11 heteroatoms. The van der Waals surface area contributed by atoms with Crippen LogP contribution in [0.5, 0.6) is 11.5 Å². The number of hydrogen-bond acceptors (Lipinski definition) is 4. The topological polar surface area (TPSA) is 93.1 Å². The number of halogens is 3. The molecule has 0 saturated heterocycles. The maximum atomic E-state index is 11.7. The van der Waals surface area contributed by atoms with E-state index in [9.17, 15) is 22.6 Å². The SMILES string of the molecule is O=C(O)C(F)(F)F.O=P(O)(Oc1ccccc1)Oc1ccccc1.[Cu]. The van der Waals surface area contributed by atoms with E-state index in [2.05, 4.69) is 0 Å². The summed E-state index contributed by atoms with van der Waals surface area (Å²) in [6.07, 6.45) is -5.08. The summed E-state index contributed by atoms with van der Waals surface area (Å²) < 4.78 is 53.2. The average molecular weight is 428 g/mol. The van der Waals surface area contributed by atoms with Crippen LogP contribution in [0.4, 0.5) is 13.2 Å². The monoisotopic (exact) mass is 427 g/mol. The maximum Gasteiger partial charge on any atom is 0.584 e. The number of hydrogen-bond donors (Lipinski definition) is 2. The second-order valence-corrected chi connectivity index (χ2v) is 5.38. The first-order valence-electron chi connectivity index (χ1n) is 6.22. The van der Waals surface area contributed by atoms with Crippen LogP contribution in [0.2, 0.25) is 0 Å². The second kappa shape index (κ2) is 10.1. The van der Waals surface area contributed by atoms with E-state index in [0.29, 0.717) is 0 Å². The molecule has 141 valence electrons. The number of carbonyl (C=O) groups is 1. The molecule has 1 radical (unpaired) electrons. The summed E-state index contributed by atoms with van der Waals surface area (Å²) in [7, 11) is -4.14. The molecule has 0 aliphatic rings. The Hall–Kier alpha value is -1.99. The van der Waals surface area contributed by atoms with Gasteiger partial charge in [0.1, 0.15) is 11.5 Å². The minimum atomic E-state index is -5.08. The zero-order valence-electron chi connectivity index (χ0n) is 12.2. The predicted molar refractivity (Wildman–Crippen MR) is 77.7 cm³/mol. The van der Waals surface area contributed by atoms with Gasteiger partial charge in [0.2, 0.25) is 0 Å². The maximum absolute atomic E-state index is 11.7. The first-order chi connectivity index (χ1) is 11.1. The van der Waals surface area contributed by atoms with Gasteiger partial charge in [-0.05, 0) is 24.3 Å². The van der Waals surface area contributed by atoms with Crippen molar-refractivity contribution in [2.45, 2.75) is 6.18 Å². The number of carboxylic acid groups (broad SMARTS) is 1. The van der Waals surface area contributed by atoms with Crippen molar-refractivity contribution in [3.05, 3.63) is 60.7 Å². The summed E-state index contributed by atoms with van der Waals surface area (Å²) in [5, 5.41) is 7.12. The van der Waals surface area contributed by atoms with Gasteiger partial charge < -0.3 is 14.2 Å². The van der Waals surface area contributed by atoms with Crippen LogP contribution in [0.15, 0.2) is 60.7 Å². The Bertz CT molecular complexity index is 651. The standard InChI is InChI=1S/C12H11O4P.C2HF3O2.Cu/c13-17(14,15-11-7-3-1-4-8-11)16-12-9-5-2-6-10-12;3-2(4,5)1(6)7;/h1-10H,(H,13,14);(H,6,7);. The summed E-state index contributed by atoms with van der Waals surface area (Å²) in [5.41, 5.74) is 0. The summed E-state index contributed by atoms with van der Waals surface area (Å²) in [6, 6.07) is 16.7. The largest absolute Gasteiger partial charge is 0.584 e. The molecule has 0 heterocycles. The van der Waals surface area contributed by atoms with Crippen LogP contribution in [0.3, 0.4) is 0 Å². The molecule has 25 heavy (non-hydrogen) atoms. The van der Waals surface area contributed by atoms with Crippen LogP contribution in [0.1, 0.15) is 0 Å². The van der Waals surface area contributed by atoms with E-state index >= 15 is 0 Å². The molecule has 2 rings (SSSR count). The van der Waals surface area contributed by atoms with Crippen LogP contribution in [-0.4, -0.2) is 22.1 Å². The summed E-state index contributed by atoms with van der Waals surface area (Å²) in [6.45, 7) is 0. The second-order valence-electron chi connectivity index (χ2n) is 4.08. The van der Waals surface area contributed by atoms with E-state index in [-0.39, 0.29) is 28.6 Å². The van der Waals surface area contributed by atoms with Crippen molar-refractivity contribution in [3.63, 3.8) is 0 Å². The predicted octanol–water partition coefficient (Wildman–Crippen LogP) is 3.88. The van der Waals surface area contributed by atoms with E-state index in [1.807, 2.05) is 0 Å². The number of benzene rings is 2. The first-order valence-corrected chi connectivity index (χ1v) is 7.72. The first kappa shape index (κ1) is 23.0. The number of rotatable bonds is 4. The molecule has 0 unspecified atom stereocenters.